The Labute approximate surface area is 93.3 Å². The lowest BCUT2D eigenvalue weighted by molar-refractivity contribution is -0.158. The molecule has 1 amide bonds. The molecule has 4 N–H and O–H groups in total. The third kappa shape index (κ3) is 1.58. The Bertz CT molecular complexity index is 316. The monoisotopic (exact) mass is 231 g/mol. The van der Waals surface area contributed by atoms with E-state index in [0.717, 1.165) is 0 Å². The molecule has 4 unspecified atom stereocenters. The number of carboxylic acid groups (broad SMARTS) is 1. The molecule has 0 aromatic carbocycles. The molecule has 1 rings (SSSR count). The maximum absolute atomic E-state index is 11.4. The van der Waals surface area contributed by atoms with E-state index in [1.807, 2.05) is 0 Å². The van der Waals surface area contributed by atoms with E-state index in [0.29, 0.717) is 0 Å². The number of aliphatic hydroxyl groups is 2. The molecule has 0 spiro atoms. The van der Waals surface area contributed by atoms with Gasteiger partial charge in [-0.1, -0.05) is 20.8 Å². The molecular formula is C10H17NO5. The van der Waals surface area contributed by atoms with Gasteiger partial charge in [0.2, 0.25) is 5.91 Å². The van der Waals surface area contributed by atoms with Crippen molar-refractivity contribution in [2.24, 2.45) is 11.8 Å². The van der Waals surface area contributed by atoms with E-state index in [4.69, 9.17) is 5.11 Å². The van der Waals surface area contributed by atoms with Crippen molar-refractivity contribution >= 4 is 11.9 Å². The van der Waals surface area contributed by atoms with E-state index in [1.165, 1.54) is 6.92 Å². The van der Waals surface area contributed by atoms with Crippen LogP contribution in [0, 0.1) is 11.8 Å². The highest BCUT2D eigenvalue weighted by molar-refractivity contribution is 5.94. The van der Waals surface area contributed by atoms with Gasteiger partial charge in [0.25, 0.3) is 0 Å². The molecular weight excluding hydrogens is 214 g/mol. The molecule has 92 valence electrons. The van der Waals surface area contributed by atoms with Crippen LogP contribution in [0.1, 0.15) is 20.8 Å². The fraction of sp³-hybridized carbons (Fsp3) is 0.800. The number of amides is 1. The molecule has 0 bridgehead atoms. The SMILES string of the molecule is CC(C)C(O)C1(C(=O)O)NC(=O)C(C)C1O. The van der Waals surface area contributed by atoms with E-state index in [-0.39, 0.29) is 0 Å². The number of carbonyl (C=O) groups excluding carboxylic acids is 1. The number of hydrogen-bond acceptors (Lipinski definition) is 4. The lowest BCUT2D eigenvalue weighted by atomic mass is 9.80. The Kier molecular flexibility index (Phi) is 3.25. The standard InChI is InChI=1S/C10H17NO5/c1-4(2)6(12)10(9(15)16)7(13)5(3)8(14)11-10/h4-7,12-13H,1-3H3,(H,11,14)(H,15,16). The van der Waals surface area contributed by atoms with Gasteiger partial charge in [0.15, 0.2) is 5.54 Å². The van der Waals surface area contributed by atoms with Gasteiger partial charge in [-0.25, -0.2) is 4.79 Å². The summed E-state index contributed by atoms with van der Waals surface area (Å²) >= 11 is 0. The molecule has 1 saturated heterocycles. The predicted octanol–water partition coefficient (Wildman–Crippen LogP) is -1.05. The summed E-state index contributed by atoms with van der Waals surface area (Å²) in [7, 11) is 0. The Morgan fingerprint density at radius 2 is 2.00 bits per heavy atom. The fourth-order valence-corrected chi connectivity index (χ4v) is 2.01. The van der Waals surface area contributed by atoms with E-state index >= 15 is 0 Å². The van der Waals surface area contributed by atoms with E-state index in [1.54, 1.807) is 13.8 Å². The summed E-state index contributed by atoms with van der Waals surface area (Å²) in [6.07, 6.45) is -2.77. The molecule has 1 heterocycles. The van der Waals surface area contributed by atoms with Crippen molar-refractivity contribution in [3.8, 4) is 0 Å². The Morgan fingerprint density at radius 1 is 1.50 bits per heavy atom. The van der Waals surface area contributed by atoms with Crippen LogP contribution >= 0.6 is 0 Å². The quantitative estimate of drug-likeness (QED) is 0.496. The molecule has 0 aromatic rings. The van der Waals surface area contributed by atoms with Crippen LogP contribution in [0.4, 0.5) is 0 Å². The van der Waals surface area contributed by atoms with E-state index in [2.05, 4.69) is 5.32 Å². The molecule has 0 radical (unpaired) electrons. The van der Waals surface area contributed by atoms with Crippen LogP contribution in [-0.4, -0.2) is 44.9 Å². The summed E-state index contributed by atoms with van der Waals surface area (Å²) < 4.78 is 0. The topological polar surface area (TPSA) is 107 Å². The number of rotatable bonds is 3. The number of carboxylic acids is 1. The number of nitrogens with one attached hydrogen (secondary N) is 1. The smallest absolute Gasteiger partial charge is 0.334 e. The van der Waals surface area contributed by atoms with Crippen molar-refractivity contribution in [2.75, 3.05) is 0 Å². The van der Waals surface area contributed by atoms with Crippen molar-refractivity contribution < 1.29 is 24.9 Å². The third-order valence-electron chi connectivity index (χ3n) is 3.14. The molecule has 1 aliphatic heterocycles. The molecule has 0 aliphatic carbocycles. The minimum atomic E-state index is -2.00. The first-order chi connectivity index (χ1) is 7.25. The number of hydrogen-bond donors (Lipinski definition) is 4. The van der Waals surface area contributed by atoms with Gasteiger partial charge in [0, 0.05) is 0 Å². The molecule has 4 atom stereocenters. The first-order valence-electron chi connectivity index (χ1n) is 5.16. The van der Waals surface area contributed by atoms with Crippen molar-refractivity contribution in [2.45, 2.75) is 38.5 Å². The highest BCUT2D eigenvalue weighted by Crippen LogP contribution is 2.32. The van der Waals surface area contributed by atoms with Gasteiger partial charge in [-0.15, -0.1) is 0 Å². The lowest BCUT2D eigenvalue weighted by Gasteiger charge is -2.35. The van der Waals surface area contributed by atoms with Crippen LogP contribution in [0.15, 0.2) is 0 Å². The average Bonchev–Trinajstić information content (AvgIpc) is 2.42. The maximum Gasteiger partial charge on any atom is 0.334 e. The normalized spacial score (nSPS) is 36.2. The molecule has 0 aromatic heterocycles. The summed E-state index contributed by atoms with van der Waals surface area (Å²) in [5.74, 6) is -3.21. The summed E-state index contributed by atoms with van der Waals surface area (Å²) in [4.78, 5) is 22.6. The third-order valence-corrected chi connectivity index (χ3v) is 3.14. The molecule has 1 aliphatic rings. The average molecular weight is 231 g/mol. The predicted molar refractivity (Wildman–Crippen MR) is 54.5 cm³/mol. The summed E-state index contributed by atoms with van der Waals surface area (Å²) in [5.41, 5.74) is -2.00. The lowest BCUT2D eigenvalue weighted by Crippen LogP contribution is -2.65. The van der Waals surface area contributed by atoms with Crippen LogP contribution in [-0.2, 0) is 9.59 Å². The minimum Gasteiger partial charge on any atom is -0.479 e. The number of carbonyl (C=O) groups is 2. The Morgan fingerprint density at radius 3 is 2.25 bits per heavy atom. The molecule has 6 nitrogen and oxygen atoms in total. The van der Waals surface area contributed by atoms with Gasteiger partial charge in [-0.3, -0.25) is 4.79 Å². The minimum absolute atomic E-state index is 0.392. The summed E-state index contributed by atoms with van der Waals surface area (Å²) in [6.45, 7) is 4.67. The van der Waals surface area contributed by atoms with Crippen LogP contribution in [0.2, 0.25) is 0 Å². The van der Waals surface area contributed by atoms with Crippen molar-refractivity contribution in [3.63, 3.8) is 0 Å². The Hall–Kier alpha value is -1.14. The van der Waals surface area contributed by atoms with Crippen molar-refractivity contribution in [1.82, 2.24) is 5.32 Å². The number of aliphatic carboxylic acids is 1. The van der Waals surface area contributed by atoms with Gasteiger partial charge in [0.05, 0.1) is 12.0 Å². The second-order valence-electron chi connectivity index (χ2n) is 4.59. The fourth-order valence-electron chi connectivity index (χ4n) is 2.01. The highest BCUT2D eigenvalue weighted by Gasteiger charge is 2.61. The summed E-state index contributed by atoms with van der Waals surface area (Å²) in [6, 6.07) is 0. The summed E-state index contributed by atoms with van der Waals surface area (Å²) in [5, 5.41) is 31.1. The molecule has 0 saturated carbocycles. The van der Waals surface area contributed by atoms with E-state index in [9.17, 15) is 19.8 Å². The van der Waals surface area contributed by atoms with Crippen LogP contribution in [0.3, 0.4) is 0 Å². The van der Waals surface area contributed by atoms with Gasteiger partial charge >= 0.3 is 5.97 Å². The second kappa shape index (κ2) is 4.03. The van der Waals surface area contributed by atoms with E-state index < -0.39 is 41.5 Å². The maximum atomic E-state index is 11.4. The van der Waals surface area contributed by atoms with Crippen molar-refractivity contribution in [3.05, 3.63) is 0 Å². The molecule has 16 heavy (non-hydrogen) atoms. The molecule has 6 heteroatoms. The zero-order chi connectivity index (χ0) is 12.7. The van der Waals surface area contributed by atoms with Gasteiger partial charge < -0.3 is 20.6 Å². The first kappa shape index (κ1) is 12.9. The van der Waals surface area contributed by atoms with Crippen LogP contribution in [0.25, 0.3) is 0 Å². The molecule has 1 fully saturated rings. The van der Waals surface area contributed by atoms with Crippen molar-refractivity contribution in [1.29, 1.82) is 0 Å². The van der Waals surface area contributed by atoms with Crippen LogP contribution < -0.4 is 5.32 Å². The van der Waals surface area contributed by atoms with Gasteiger partial charge in [-0.05, 0) is 5.92 Å². The van der Waals surface area contributed by atoms with Crippen LogP contribution in [0.5, 0.6) is 0 Å². The second-order valence-corrected chi connectivity index (χ2v) is 4.59. The van der Waals surface area contributed by atoms with Gasteiger partial charge in [0.1, 0.15) is 6.10 Å². The Balaban J connectivity index is 3.18. The highest BCUT2D eigenvalue weighted by atomic mass is 16.4. The van der Waals surface area contributed by atoms with Gasteiger partial charge in [-0.2, -0.15) is 0 Å². The number of aliphatic hydroxyl groups excluding tert-OH is 2. The first-order valence-corrected chi connectivity index (χ1v) is 5.16. The largest absolute Gasteiger partial charge is 0.479 e. The zero-order valence-electron chi connectivity index (χ0n) is 9.47. The zero-order valence-corrected chi connectivity index (χ0v) is 9.47.